The third-order valence-electron chi connectivity index (χ3n) is 6.59. The Morgan fingerprint density at radius 1 is 0.897 bits per heavy atom. The van der Waals surface area contributed by atoms with E-state index in [2.05, 4.69) is 27.9 Å². The van der Waals surface area contributed by atoms with Crippen LogP contribution in [0.25, 0.3) is 0 Å². The maximum Gasteiger partial charge on any atom is 0.264 e. The number of aryl methyl sites for hydroxylation is 1. The van der Waals surface area contributed by atoms with E-state index in [4.69, 9.17) is 0 Å². The summed E-state index contributed by atoms with van der Waals surface area (Å²) >= 11 is 2.15. The average molecular weight is 662 g/mol. The van der Waals surface area contributed by atoms with E-state index in [1.165, 1.54) is 17.0 Å². The third-order valence-corrected chi connectivity index (χ3v) is 9.09. The molecule has 0 saturated heterocycles. The van der Waals surface area contributed by atoms with Gasteiger partial charge in [-0.05, 0) is 91.2 Å². The zero-order valence-electron chi connectivity index (χ0n) is 22.8. The van der Waals surface area contributed by atoms with Crippen molar-refractivity contribution >= 4 is 50.1 Å². The molecule has 2 amide bonds. The van der Waals surface area contributed by atoms with Gasteiger partial charge in [0.15, 0.2) is 0 Å². The van der Waals surface area contributed by atoms with Gasteiger partial charge in [0.05, 0.1) is 10.6 Å². The van der Waals surface area contributed by atoms with Crippen LogP contribution in [0.15, 0.2) is 83.8 Å². The minimum absolute atomic E-state index is 0.0513. The second kappa shape index (κ2) is 13.9. The minimum Gasteiger partial charge on any atom is -0.352 e. The summed E-state index contributed by atoms with van der Waals surface area (Å²) in [6.07, 6.45) is 1.14. The fourth-order valence-electron chi connectivity index (χ4n) is 4.11. The van der Waals surface area contributed by atoms with Crippen molar-refractivity contribution in [3.05, 3.63) is 93.6 Å². The zero-order chi connectivity index (χ0) is 28.6. The topological polar surface area (TPSA) is 86.8 Å². The van der Waals surface area contributed by atoms with Gasteiger partial charge >= 0.3 is 0 Å². The highest BCUT2D eigenvalue weighted by Crippen LogP contribution is 2.25. The van der Waals surface area contributed by atoms with Crippen LogP contribution in [0.2, 0.25) is 0 Å². The summed E-state index contributed by atoms with van der Waals surface area (Å²) in [6.45, 7) is 7.47. The number of hydrogen-bond acceptors (Lipinski definition) is 4. The van der Waals surface area contributed by atoms with Crippen molar-refractivity contribution in [1.29, 1.82) is 0 Å². The van der Waals surface area contributed by atoms with Gasteiger partial charge in [0, 0.05) is 16.2 Å². The number of nitrogens with zero attached hydrogens (tertiary/aromatic N) is 2. The Labute approximate surface area is 245 Å². The summed E-state index contributed by atoms with van der Waals surface area (Å²) in [6, 6.07) is 22.0. The fraction of sp³-hybridized carbons (Fsp3) is 0.333. The van der Waals surface area contributed by atoms with Crippen LogP contribution in [-0.2, 0) is 26.2 Å². The largest absolute Gasteiger partial charge is 0.352 e. The smallest absolute Gasteiger partial charge is 0.264 e. The van der Waals surface area contributed by atoms with E-state index < -0.39 is 28.5 Å². The van der Waals surface area contributed by atoms with Crippen LogP contribution in [0.4, 0.5) is 5.69 Å². The molecule has 0 aliphatic rings. The van der Waals surface area contributed by atoms with Crippen LogP contribution in [0.5, 0.6) is 0 Å². The Morgan fingerprint density at radius 3 is 2.08 bits per heavy atom. The Hall–Kier alpha value is -2.92. The second-order valence-electron chi connectivity index (χ2n) is 9.55. The van der Waals surface area contributed by atoms with Crippen LogP contribution in [-0.4, -0.2) is 43.8 Å². The molecule has 9 heteroatoms. The standard InChI is InChI=1S/C30H36IN3O4S/c1-5-23(4)32-30(36)28(6-2)33(20-24-14-12-22(3)13-15-24)29(35)21-34(26-18-16-25(31)17-19-26)39(37,38)27-10-8-7-9-11-27/h7-19,23,28H,5-6,20-21H2,1-4H3,(H,32,36)/t23-,28+/m0/s1. The lowest BCUT2D eigenvalue weighted by molar-refractivity contribution is -0.140. The van der Waals surface area contributed by atoms with Crippen LogP contribution >= 0.6 is 22.6 Å². The zero-order valence-corrected chi connectivity index (χ0v) is 25.8. The first kappa shape index (κ1) is 30.6. The third kappa shape index (κ3) is 8.04. The highest BCUT2D eigenvalue weighted by atomic mass is 127. The molecular weight excluding hydrogens is 625 g/mol. The first-order valence-corrected chi connectivity index (χ1v) is 15.6. The normalized spacial score (nSPS) is 12.8. The molecule has 208 valence electrons. The molecule has 0 bridgehead atoms. The fourth-order valence-corrected chi connectivity index (χ4v) is 5.90. The Bertz CT molecular complexity index is 1350. The quantitative estimate of drug-likeness (QED) is 0.259. The summed E-state index contributed by atoms with van der Waals surface area (Å²) in [7, 11) is -4.07. The molecule has 0 aliphatic carbocycles. The van der Waals surface area contributed by atoms with E-state index in [0.717, 1.165) is 25.4 Å². The predicted molar refractivity (Wildman–Crippen MR) is 164 cm³/mol. The van der Waals surface area contributed by atoms with Gasteiger partial charge in [0.1, 0.15) is 12.6 Å². The first-order valence-electron chi connectivity index (χ1n) is 13.1. The number of hydrogen-bond donors (Lipinski definition) is 1. The molecule has 0 radical (unpaired) electrons. The molecule has 0 aliphatic heterocycles. The minimum atomic E-state index is -4.07. The molecule has 0 spiro atoms. The molecule has 39 heavy (non-hydrogen) atoms. The lowest BCUT2D eigenvalue weighted by Crippen LogP contribution is -2.53. The number of benzene rings is 3. The van der Waals surface area contributed by atoms with Crippen molar-refractivity contribution < 1.29 is 18.0 Å². The van der Waals surface area contributed by atoms with Crippen LogP contribution in [0, 0.1) is 10.5 Å². The molecular formula is C30H36IN3O4S. The molecule has 1 N–H and O–H groups in total. The van der Waals surface area contributed by atoms with Gasteiger partial charge in [-0.2, -0.15) is 0 Å². The van der Waals surface area contributed by atoms with E-state index in [9.17, 15) is 18.0 Å². The Balaban J connectivity index is 2.03. The summed E-state index contributed by atoms with van der Waals surface area (Å²) in [5.74, 6) is -0.709. The molecule has 0 heterocycles. The molecule has 0 aromatic heterocycles. The lowest BCUT2D eigenvalue weighted by atomic mass is 10.1. The van der Waals surface area contributed by atoms with Crippen LogP contribution < -0.4 is 9.62 Å². The number of halogens is 1. The van der Waals surface area contributed by atoms with Crippen molar-refractivity contribution in [1.82, 2.24) is 10.2 Å². The van der Waals surface area contributed by atoms with Gasteiger partial charge in [-0.25, -0.2) is 8.42 Å². The van der Waals surface area contributed by atoms with Gasteiger partial charge in [-0.3, -0.25) is 13.9 Å². The molecule has 3 rings (SSSR count). The second-order valence-corrected chi connectivity index (χ2v) is 12.7. The number of sulfonamides is 1. The van der Waals surface area contributed by atoms with Crippen molar-refractivity contribution in [3.63, 3.8) is 0 Å². The number of carbonyl (C=O) groups excluding carboxylic acids is 2. The van der Waals surface area contributed by atoms with E-state index in [-0.39, 0.29) is 23.4 Å². The van der Waals surface area contributed by atoms with Gasteiger partial charge in [-0.15, -0.1) is 0 Å². The summed E-state index contributed by atoms with van der Waals surface area (Å²) in [5, 5.41) is 2.99. The number of carbonyl (C=O) groups is 2. The number of anilines is 1. The number of amides is 2. The summed E-state index contributed by atoms with van der Waals surface area (Å²) in [4.78, 5) is 28.9. The molecule has 2 atom stereocenters. The number of nitrogens with one attached hydrogen (secondary N) is 1. The highest BCUT2D eigenvalue weighted by Gasteiger charge is 2.33. The monoisotopic (exact) mass is 661 g/mol. The van der Waals surface area contributed by atoms with Crippen LogP contribution in [0.3, 0.4) is 0 Å². The van der Waals surface area contributed by atoms with Gasteiger partial charge in [0.2, 0.25) is 11.8 Å². The maximum absolute atomic E-state index is 14.0. The Morgan fingerprint density at radius 2 is 1.51 bits per heavy atom. The summed E-state index contributed by atoms with van der Waals surface area (Å²) in [5.41, 5.74) is 2.31. The molecule has 0 saturated carbocycles. The molecule has 7 nitrogen and oxygen atoms in total. The van der Waals surface area contributed by atoms with Crippen molar-refractivity contribution in [2.45, 2.75) is 64.1 Å². The average Bonchev–Trinajstić information content (AvgIpc) is 2.93. The van der Waals surface area contributed by atoms with Crippen LogP contribution in [0.1, 0.15) is 44.7 Å². The van der Waals surface area contributed by atoms with Gasteiger partial charge < -0.3 is 10.2 Å². The molecule has 3 aromatic rings. The van der Waals surface area contributed by atoms with E-state index >= 15 is 0 Å². The van der Waals surface area contributed by atoms with Crippen molar-refractivity contribution in [3.8, 4) is 0 Å². The molecule has 3 aromatic carbocycles. The first-order chi connectivity index (χ1) is 18.6. The van der Waals surface area contributed by atoms with Gasteiger partial charge in [0.25, 0.3) is 10.0 Å². The van der Waals surface area contributed by atoms with E-state index in [1.54, 1.807) is 42.5 Å². The van der Waals surface area contributed by atoms with Gasteiger partial charge in [-0.1, -0.05) is 61.9 Å². The maximum atomic E-state index is 14.0. The molecule has 0 unspecified atom stereocenters. The SMILES string of the molecule is CC[C@H](C(=O)N[C@@H](C)CC)N(Cc1ccc(C)cc1)C(=O)CN(c1ccc(I)cc1)S(=O)(=O)c1ccccc1. The lowest BCUT2D eigenvalue weighted by Gasteiger charge is -2.33. The van der Waals surface area contributed by atoms with Crippen molar-refractivity contribution in [2.24, 2.45) is 0 Å². The highest BCUT2D eigenvalue weighted by molar-refractivity contribution is 14.1. The van der Waals surface area contributed by atoms with Crippen molar-refractivity contribution in [2.75, 3.05) is 10.8 Å². The summed E-state index contributed by atoms with van der Waals surface area (Å²) < 4.78 is 29.7. The number of rotatable bonds is 12. The van der Waals surface area contributed by atoms with E-state index in [0.29, 0.717) is 12.1 Å². The molecule has 0 fully saturated rings. The predicted octanol–water partition coefficient (Wildman–Crippen LogP) is 5.52. The van der Waals surface area contributed by atoms with E-state index in [1.807, 2.05) is 52.0 Å². The Kier molecular flexibility index (Phi) is 10.9.